The van der Waals surface area contributed by atoms with Crippen molar-refractivity contribution in [1.29, 1.82) is 0 Å². The summed E-state index contributed by atoms with van der Waals surface area (Å²) in [5.41, 5.74) is 2.22. The summed E-state index contributed by atoms with van der Waals surface area (Å²) in [6.07, 6.45) is 0. The highest BCUT2D eigenvalue weighted by molar-refractivity contribution is 5.98. The molecular weight excluding hydrogens is 540 g/mol. The normalized spacial score (nSPS) is 13.3. The van der Waals surface area contributed by atoms with Crippen LogP contribution in [0.15, 0.2) is 66.7 Å². The van der Waals surface area contributed by atoms with Crippen LogP contribution in [0.1, 0.15) is 16.1 Å². The van der Waals surface area contributed by atoms with Gasteiger partial charge in [0.25, 0.3) is 5.91 Å². The number of benzene rings is 3. The van der Waals surface area contributed by atoms with Gasteiger partial charge in [-0.1, -0.05) is 0 Å². The second kappa shape index (κ2) is 11.4. The number of carbonyl (C=O) groups is 2. The zero-order valence-corrected chi connectivity index (χ0v) is 22.3. The molecule has 3 amide bonds. The summed E-state index contributed by atoms with van der Waals surface area (Å²) in [5.74, 6) is -3.27. The van der Waals surface area contributed by atoms with Gasteiger partial charge >= 0.3 is 6.03 Å². The lowest BCUT2D eigenvalue weighted by molar-refractivity contribution is 0.0671. The van der Waals surface area contributed by atoms with Crippen molar-refractivity contribution >= 4 is 17.6 Å². The van der Waals surface area contributed by atoms with Crippen molar-refractivity contribution in [3.8, 4) is 22.7 Å². The van der Waals surface area contributed by atoms with Gasteiger partial charge in [-0.2, -0.15) is 0 Å². The van der Waals surface area contributed by atoms with Crippen molar-refractivity contribution in [1.82, 2.24) is 14.4 Å². The second-order valence-electron chi connectivity index (χ2n) is 9.53. The molecule has 0 saturated carbocycles. The minimum atomic E-state index is -1.07. The third-order valence-electron chi connectivity index (χ3n) is 7.04. The Balaban J connectivity index is 1.38. The first kappa shape index (κ1) is 27.8. The molecule has 212 valence electrons. The van der Waals surface area contributed by atoms with Crippen molar-refractivity contribution in [2.24, 2.45) is 0 Å². The maximum atomic E-state index is 15.0. The molecule has 4 aromatic rings. The van der Waals surface area contributed by atoms with Gasteiger partial charge in [-0.25, -0.2) is 22.4 Å². The molecule has 41 heavy (non-hydrogen) atoms. The lowest BCUT2D eigenvalue weighted by atomic mass is 10.1. The van der Waals surface area contributed by atoms with Crippen molar-refractivity contribution in [3.63, 3.8) is 0 Å². The number of methoxy groups -OCH3 is 1. The Kier molecular flexibility index (Phi) is 7.69. The average molecular weight is 567 g/mol. The molecule has 1 aromatic heterocycles. The van der Waals surface area contributed by atoms with Crippen molar-refractivity contribution in [3.05, 3.63) is 101 Å². The Bertz CT molecular complexity index is 1610. The molecule has 3 aromatic carbocycles. The molecule has 1 saturated heterocycles. The van der Waals surface area contributed by atoms with Crippen molar-refractivity contribution < 1.29 is 31.9 Å². The summed E-state index contributed by atoms with van der Waals surface area (Å²) >= 11 is 0. The topological polar surface area (TPSA) is 66.8 Å². The van der Waals surface area contributed by atoms with Gasteiger partial charge in [-0.3, -0.25) is 4.79 Å². The van der Waals surface area contributed by atoms with Gasteiger partial charge in [-0.05, 0) is 67.1 Å². The molecular formula is C30H26F4N4O3. The van der Waals surface area contributed by atoms with E-state index in [0.29, 0.717) is 28.3 Å². The van der Waals surface area contributed by atoms with E-state index in [1.54, 1.807) is 53.8 Å². The van der Waals surface area contributed by atoms with Crippen LogP contribution in [0.5, 0.6) is 5.75 Å². The highest BCUT2D eigenvalue weighted by Crippen LogP contribution is 2.32. The minimum Gasteiger partial charge on any atom is -0.497 e. The molecule has 0 bridgehead atoms. The van der Waals surface area contributed by atoms with E-state index in [9.17, 15) is 27.2 Å². The van der Waals surface area contributed by atoms with Crippen LogP contribution in [0.2, 0.25) is 0 Å². The van der Waals surface area contributed by atoms with Gasteiger partial charge in [0.05, 0.1) is 24.1 Å². The number of urea groups is 1. The third-order valence-corrected chi connectivity index (χ3v) is 7.04. The summed E-state index contributed by atoms with van der Waals surface area (Å²) in [6.45, 7) is 2.54. The maximum Gasteiger partial charge on any atom is 0.321 e. The number of ether oxygens (including phenoxy) is 1. The fraction of sp³-hybridized carbons (Fsp3) is 0.200. The van der Waals surface area contributed by atoms with E-state index in [4.69, 9.17) is 4.74 Å². The van der Waals surface area contributed by atoms with Gasteiger partial charge < -0.3 is 24.4 Å². The number of hydrogen-bond donors (Lipinski definition) is 1. The number of aromatic nitrogens is 1. The number of rotatable bonds is 5. The highest BCUT2D eigenvalue weighted by atomic mass is 19.2. The van der Waals surface area contributed by atoms with Gasteiger partial charge in [0, 0.05) is 49.7 Å². The first-order chi connectivity index (χ1) is 19.7. The first-order valence-corrected chi connectivity index (χ1v) is 12.8. The van der Waals surface area contributed by atoms with Gasteiger partial charge in [0.2, 0.25) is 0 Å². The monoisotopic (exact) mass is 566 g/mol. The quantitative estimate of drug-likeness (QED) is 0.301. The van der Waals surface area contributed by atoms with Crippen LogP contribution in [0.25, 0.3) is 16.9 Å². The van der Waals surface area contributed by atoms with E-state index < -0.39 is 29.3 Å². The molecule has 0 atom stereocenters. The largest absolute Gasteiger partial charge is 0.497 e. The number of nitrogens with zero attached hydrogens (tertiary/aromatic N) is 3. The summed E-state index contributed by atoms with van der Waals surface area (Å²) < 4.78 is 62.2. The molecule has 0 radical (unpaired) electrons. The van der Waals surface area contributed by atoms with Crippen LogP contribution in [0.4, 0.5) is 28.0 Å². The minimum absolute atomic E-state index is 0.0903. The van der Waals surface area contributed by atoms with Gasteiger partial charge in [0.1, 0.15) is 17.4 Å². The number of carbonyl (C=O) groups excluding carboxylic acids is 2. The van der Waals surface area contributed by atoms with E-state index in [0.717, 1.165) is 24.3 Å². The summed E-state index contributed by atoms with van der Waals surface area (Å²) in [4.78, 5) is 29.4. The fourth-order valence-electron chi connectivity index (χ4n) is 4.83. The van der Waals surface area contributed by atoms with Crippen LogP contribution in [0.3, 0.4) is 0 Å². The highest BCUT2D eigenvalue weighted by Gasteiger charge is 2.29. The van der Waals surface area contributed by atoms with E-state index in [1.807, 2.05) is 0 Å². The Morgan fingerprint density at radius 3 is 2.10 bits per heavy atom. The second-order valence-corrected chi connectivity index (χ2v) is 9.53. The predicted molar refractivity (Wildman–Crippen MR) is 145 cm³/mol. The molecule has 0 unspecified atom stereocenters. The van der Waals surface area contributed by atoms with Crippen molar-refractivity contribution in [2.45, 2.75) is 6.92 Å². The third kappa shape index (κ3) is 5.60. The molecule has 1 N–H and O–H groups in total. The SMILES string of the molecule is COc1ccc(-c2cc(C(=O)N3CCN(C(=O)Nc4ccc(F)c(F)c4)CC3)c(C)n2-c2ccc(F)cc2F)cc1. The van der Waals surface area contributed by atoms with E-state index in [2.05, 4.69) is 5.32 Å². The molecule has 1 aliphatic heterocycles. The molecule has 0 spiro atoms. The fourth-order valence-corrected chi connectivity index (χ4v) is 4.83. The van der Waals surface area contributed by atoms with Crippen LogP contribution in [0, 0.1) is 30.2 Å². The summed E-state index contributed by atoms with van der Waals surface area (Å²) in [7, 11) is 1.54. The number of anilines is 1. The van der Waals surface area contributed by atoms with E-state index in [1.165, 1.54) is 17.0 Å². The molecule has 2 heterocycles. The first-order valence-electron chi connectivity index (χ1n) is 12.8. The van der Waals surface area contributed by atoms with Gasteiger partial charge in [0.15, 0.2) is 11.6 Å². The molecule has 1 fully saturated rings. The van der Waals surface area contributed by atoms with Crippen molar-refractivity contribution in [2.75, 3.05) is 38.6 Å². The maximum absolute atomic E-state index is 15.0. The molecule has 5 rings (SSSR count). The smallest absolute Gasteiger partial charge is 0.321 e. The molecule has 0 aliphatic carbocycles. The lowest BCUT2D eigenvalue weighted by Crippen LogP contribution is -2.51. The lowest BCUT2D eigenvalue weighted by Gasteiger charge is -2.34. The van der Waals surface area contributed by atoms with Crippen LogP contribution in [-0.4, -0.2) is 59.6 Å². The van der Waals surface area contributed by atoms with E-state index >= 15 is 0 Å². The van der Waals surface area contributed by atoms with Gasteiger partial charge in [-0.15, -0.1) is 0 Å². The summed E-state index contributed by atoms with van der Waals surface area (Å²) in [5, 5.41) is 2.53. The van der Waals surface area contributed by atoms with E-state index in [-0.39, 0.29) is 43.5 Å². The predicted octanol–water partition coefficient (Wildman–Crippen LogP) is 6.01. The Morgan fingerprint density at radius 2 is 1.46 bits per heavy atom. The standard InChI is InChI=1S/C30H26F4N4O3/c1-18-23(29(39)36-11-13-37(14-12-36)30(40)35-21-6-9-24(32)25(33)16-21)17-28(19-3-7-22(41-2)8-4-19)38(18)27-10-5-20(31)15-26(27)34/h3-10,15-17H,11-14H2,1-2H3,(H,35,40). The number of piperazine rings is 1. The zero-order valence-electron chi connectivity index (χ0n) is 22.3. The molecule has 1 aliphatic rings. The average Bonchev–Trinajstić information content (AvgIpc) is 3.31. The van der Waals surface area contributed by atoms with Crippen LogP contribution in [-0.2, 0) is 0 Å². The number of nitrogens with one attached hydrogen (secondary N) is 1. The Morgan fingerprint density at radius 1 is 0.780 bits per heavy atom. The Labute approximate surface area is 233 Å². The number of amides is 3. The van der Waals surface area contributed by atoms with Crippen LogP contribution >= 0.6 is 0 Å². The zero-order chi connectivity index (χ0) is 29.3. The summed E-state index contributed by atoms with van der Waals surface area (Å²) in [6, 6.07) is 14.6. The Hall–Kier alpha value is -4.80. The number of hydrogen-bond acceptors (Lipinski definition) is 3. The molecule has 11 heteroatoms. The van der Waals surface area contributed by atoms with Crippen LogP contribution < -0.4 is 10.1 Å². The number of halogens is 4. The molecule has 7 nitrogen and oxygen atoms in total.